The minimum Gasteiger partial charge on any atom is -0.497 e. The molecule has 1 atom stereocenters. The SMILES string of the molecule is COc1ccc(OC(=O)C2CC(=O)N(c3cccc(OC)c3)C2)cc1. The van der Waals surface area contributed by atoms with Crippen LogP contribution in [-0.4, -0.2) is 32.6 Å². The average Bonchev–Trinajstić information content (AvgIpc) is 3.04. The summed E-state index contributed by atoms with van der Waals surface area (Å²) in [5.41, 5.74) is 0.712. The van der Waals surface area contributed by atoms with Gasteiger partial charge in [-0.3, -0.25) is 9.59 Å². The summed E-state index contributed by atoms with van der Waals surface area (Å²) in [5, 5.41) is 0. The molecule has 6 heteroatoms. The van der Waals surface area contributed by atoms with Gasteiger partial charge in [-0.2, -0.15) is 0 Å². The van der Waals surface area contributed by atoms with Gasteiger partial charge in [0.2, 0.25) is 5.91 Å². The van der Waals surface area contributed by atoms with Crippen LogP contribution in [0.25, 0.3) is 0 Å². The van der Waals surface area contributed by atoms with E-state index in [1.54, 1.807) is 55.5 Å². The number of hydrogen-bond donors (Lipinski definition) is 0. The number of ether oxygens (including phenoxy) is 3. The summed E-state index contributed by atoms with van der Waals surface area (Å²) in [6, 6.07) is 14.0. The van der Waals surface area contributed by atoms with Crippen molar-refractivity contribution in [2.75, 3.05) is 25.7 Å². The number of nitrogens with zero attached hydrogens (tertiary/aromatic N) is 1. The number of methoxy groups -OCH3 is 2. The number of esters is 1. The number of carbonyl (C=O) groups is 2. The zero-order valence-electron chi connectivity index (χ0n) is 14.1. The molecule has 25 heavy (non-hydrogen) atoms. The topological polar surface area (TPSA) is 65.1 Å². The fraction of sp³-hybridized carbons (Fsp3) is 0.263. The van der Waals surface area contributed by atoms with Gasteiger partial charge in [-0.15, -0.1) is 0 Å². The van der Waals surface area contributed by atoms with Crippen molar-refractivity contribution in [3.63, 3.8) is 0 Å². The maximum Gasteiger partial charge on any atom is 0.316 e. The molecule has 0 spiro atoms. The Morgan fingerprint density at radius 3 is 2.36 bits per heavy atom. The largest absolute Gasteiger partial charge is 0.497 e. The van der Waals surface area contributed by atoms with E-state index in [2.05, 4.69) is 0 Å². The lowest BCUT2D eigenvalue weighted by Gasteiger charge is -2.17. The van der Waals surface area contributed by atoms with Gasteiger partial charge in [0.15, 0.2) is 0 Å². The van der Waals surface area contributed by atoms with E-state index in [1.807, 2.05) is 12.1 Å². The van der Waals surface area contributed by atoms with Crippen molar-refractivity contribution in [1.82, 2.24) is 0 Å². The Labute approximate surface area is 145 Å². The molecular formula is C19H19NO5. The van der Waals surface area contributed by atoms with Crippen molar-refractivity contribution in [3.8, 4) is 17.2 Å². The predicted molar refractivity (Wildman–Crippen MR) is 92.1 cm³/mol. The molecule has 0 N–H and O–H groups in total. The highest BCUT2D eigenvalue weighted by molar-refractivity contribution is 5.99. The van der Waals surface area contributed by atoms with E-state index < -0.39 is 11.9 Å². The maximum absolute atomic E-state index is 12.4. The highest BCUT2D eigenvalue weighted by Crippen LogP contribution is 2.29. The van der Waals surface area contributed by atoms with Crippen molar-refractivity contribution in [3.05, 3.63) is 48.5 Å². The van der Waals surface area contributed by atoms with E-state index in [0.29, 0.717) is 29.5 Å². The molecule has 1 saturated heterocycles. The van der Waals surface area contributed by atoms with Crippen molar-refractivity contribution in [2.45, 2.75) is 6.42 Å². The minimum absolute atomic E-state index is 0.107. The van der Waals surface area contributed by atoms with Gasteiger partial charge < -0.3 is 19.1 Å². The van der Waals surface area contributed by atoms with Crippen molar-refractivity contribution in [2.24, 2.45) is 5.92 Å². The first kappa shape index (κ1) is 16.8. The lowest BCUT2D eigenvalue weighted by atomic mass is 10.1. The highest BCUT2D eigenvalue weighted by Gasteiger charge is 2.36. The molecule has 0 aliphatic carbocycles. The lowest BCUT2D eigenvalue weighted by molar-refractivity contribution is -0.139. The molecule has 1 heterocycles. The summed E-state index contributed by atoms with van der Waals surface area (Å²) in [4.78, 5) is 26.2. The van der Waals surface area contributed by atoms with Crippen LogP contribution in [0.5, 0.6) is 17.2 Å². The third kappa shape index (κ3) is 3.74. The normalized spacial score (nSPS) is 16.6. The van der Waals surface area contributed by atoms with Gasteiger partial charge >= 0.3 is 5.97 Å². The quantitative estimate of drug-likeness (QED) is 0.618. The summed E-state index contributed by atoms with van der Waals surface area (Å²) in [5.74, 6) is 0.752. The van der Waals surface area contributed by atoms with Crippen molar-refractivity contribution >= 4 is 17.6 Å². The summed E-state index contributed by atoms with van der Waals surface area (Å²) in [7, 11) is 3.14. The van der Waals surface area contributed by atoms with Crippen LogP contribution in [0.15, 0.2) is 48.5 Å². The van der Waals surface area contributed by atoms with Crippen LogP contribution in [-0.2, 0) is 9.59 Å². The molecule has 6 nitrogen and oxygen atoms in total. The monoisotopic (exact) mass is 341 g/mol. The Morgan fingerprint density at radius 2 is 1.68 bits per heavy atom. The second-order valence-corrected chi connectivity index (χ2v) is 5.70. The number of amides is 1. The summed E-state index contributed by atoms with van der Waals surface area (Å²) in [6.45, 7) is 0.293. The van der Waals surface area contributed by atoms with Crippen molar-refractivity contribution < 1.29 is 23.8 Å². The van der Waals surface area contributed by atoms with Crippen LogP contribution in [0.4, 0.5) is 5.69 Å². The van der Waals surface area contributed by atoms with Crippen molar-refractivity contribution in [1.29, 1.82) is 0 Å². The predicted octanol–water partition coefficient (Wildman–Crippen LogP) is 2.66. The van der Waals surface area contributed by atoms with Gasteiger partial charge in [0.1, 0.15) is 17.2 Å². The van der Waals surface area contributed by atoms with E-state index in [1.165, 1.54) is 0 Å². The Hall–Kier alpha value is -3.02. The third-order valence-corrected chi connectivity index (χ3v) is 4.10. The fourth-order valence-corrected chi connectivity index (χ4v) is 2.74. The van der Waals surface area contributed by atoms with Crippen LogP contribution < -0.4 is 19.1 Å². The van der Waals surface area contributed by atoms with Crippen LogP contribution in [0.3, 0.4) is 0 Å². The average molecular weight is 341 g/mol. The molecule has 0 radical (unpaired) electrons. The first-order valence-corrected chi connectivity index (χ1v) is 7.91. The fourth-order valence-electron chi connectivity index (χ4n) is 2.74. The summed E-state index contributed by atoms with van der Waals surface area (Å²) in [6.07, 6.45) is 0.131. The molecule has 2 aromatic carbocycles. The van der Waals surface area contributed by atoms with E-state index in [9.17, 15) is 9.59 Å². The minimum atomic E-state index is -0.499. The Balaban J connectivity index is 1.67. The van der Waals surface area contributed by atoms with Gasteiger partial charge in [-0.25, -0.2) is 0 Å². The van der Waals surface area contributed by atoms with E-state index in [-0.39, 0.29) is 12.3 Å². The van der Waals surface area contributed by atoms with E-state index in [0.717, 1.165) is 0 Å². The molecule has 3 rings (SSSR count). The zero-order valence-corrected chi connectivity index (χ0v) is 14.1. The molecule has 0 aromatic heterocycles. The van der Waals surface area contributed by atoms with E-state index >= 15 is 0 Å². The second kappa shape index (κ2) is 7.25. The Morgan fingerprint density at radius 1 is 1.00 bits per heavy atom. The highest BCUT2D eigenvalue weighted by atomic mass is 16.5. The molecule has 1 unspecified atom stereocenters. The number of benzene rings is 2. The first-order chi connectivity index (χ1) is 12.1. The van der Waals surface area contributed by atoms with Gasteiger partial charge in [-0.1, -0.05) is 6.07 Å². The molecule has 0 bridgehead atoms. The summed E-state index contributed by atoms with van der Waals surface area (Å²) >= 11 is 0. The van der Waals surface area contributed by atoms with Gasteiger partial charge in [-0.05, 0) is 36.4 Å². The third-order valence-electron chi connectivity index (χ3n) is 4.10. The molecule has 2 aromatic rings. The molecule has 1 amide bonds. The summed E-state index contributed by atoms with van der Waals surface area (Å²) < 4.78 is 15.6. The van der Waals surface area contributed by atoms with Gasteiger partial charge in [0, 0.05) is 24.7 Å². The van der Waals surface area contributed by atoms with Crippen LogP contribution in [0.2, 0.25) is 0 Å². The smallest absolute Gasteiger partial charge is 0.316 e. The Bertz CT molecular complexity index is 772. The maximum atomic E-state index is 12.4. The van der Waals surface area contributed by atoms with E-state index in [4.69, 9.17) is 14.2 Å². The first-order valence-electron chi connectivity index (χ1n) is 7.91. The lowest BCUT2D eigenvalue weighted by Crippen LogP contribution is -2.27. The molecule has 1 aliphatic heterocycles. The van der Waals surface area contributed by atoms with Crippen LogP contribution in [0.1, 0.15) is 6.42 Å². The number of hydrogen-bond acceptors (Lipinski definition) is 5. The molecule has 0 saturated carbocycles. The molecule has 1 fully saturated rings. The van der Waals surface area contributed by atoms with Crippen LogP contribution >= 0.6 is 0 Å². The molecule has 130 valence electrons. The van der Waals surface area contributed by atoms with Crippen LogP contribution in [0, 0.1) is 5.92 Å². The number of rotatable bonds is 5. The van der Waals surface area contributed by atoms with Gasteiger partial charge in [0.25, 0.3) is 0 Å². The number of carbonyl (C=O) groups excluding carboxylic acids is 2. The molecular weight excluding hydrogens is 322 g/mol. The van der Waals surface area contributed by atoms with Gasteiger partial charge in [0.05, 0.1) is 20.1 Å². The number of anilines is 1. The Kier molecular flexibility index (Phi) is 4.88. The second-order valence-electron chi connectivity index (χ2n) is 5.70. The molecule has 1 aliphatic rings. The zero-order chi connectivity index (χ0) is 17.8. The standard InChI is InChI=1S/C19H19NO5/c1-23-15-6-8-16(9-7-15)25-19(22)13-10-18(21)20(12-13)14-4-3-5-17(11-14)24-2/h3-9,11,13H,10,12H2,1-2H3.